The third kappa shape index (κ3) is 9.48. The Kier molecular flexibility index (Phi) is 13.0. The Morgan fingerprint density at radius 3 is 1.36 bits per heavy atom. The smallest absolute Gasteiger partial charge is 0.198 e. The van der Waals surface area contributed by atoms with Crippen LogP contribution in [0.2, 0.25) is 0 Å². The van der Waals surface area contributed by atoms with E-state index in [4.69, 9.17) is 0 Å². The first-order chi connectivity index (χ1) is 41.9. The number of rotatable bonds is 12. The molecule has 13 aromatic rings. The summed E-state index contributed by atoms with van der Waals surface area (Å²) in [6.07, 6.45) is 0. The summed E-state index contributed by atoms with van der Waals surface area (Å²) in [6, 6.07) is 116. The molecule has 0 radical (unpaired) electrons. The second-order valence-electron chi connectivity index (χ2n) is 22.9. The maximum atomic E-state index is 4.16. The van der Waals surface area contributed by atoms with Gasteiger partial charge in [0.25, 0.3) is 0 Å². The van der Waals surface area contributed by atoms with Gasteiger partial charge in [0.15, 0.2) is 7.28 Å². The molecular weight excluding hydrogens is 1030 g/mol. The zero-order chi connectivity index (χ0) is 56.8. The molecule has 0 saturated carbocycles. The molecule has 1 aliphatic heterocycles. The predicted octanol–water partition coefficient (Wildman–Crippen LogP) is 20.4. The Labute approximate surface area is 499 Å². The topological polar surface area (TPSA) is 18.5 Å². The average molecular weight is 1090 g/mol. The lowest BCUT2D eigenvalue weighted by molar-refractivity contribution is 0.660. The molecule has 0 aromatic heterocycles. The molecule has 2 aliphatic rings. The van der Waals surface area contributed by atoms with E-state index in [0.29, 0.717) is 0 Å². The minimum atomic E-state index is -0.314. The van der Waals surface area contributed by atoms with Crippen molar-refractivity contribution in [2.75, 3.05) is 15.1 Å². The molecule has 15 rings (SSSR count). The number of anilines is 8. The van der Waals surface area contributed by atoms with E-state index in [-0.39, 0.29) is 5.41 Å². The van der Waals surface area contributed by atoms with Crippen LogP contribution >= 0.6 is 0 Å². The first-order valence-electron chi connectivity index (χ1n) is 29.5. The van der Waals surface area contributed by atoms with E-state index in [1.54, 1.807) is 0 Å². The van der Waals surface area contributed by atoms with Gasteiger partial charge in [-0.05, 0) is 162 Å². The molecule has 13 aromatic carbocycles. The lowest BCUT2D eigenvalue weighted by atomic mass is 9.57. The van der Waals surface area contributed by atoms with Gasteiger partial charge in [-0.15, -0.1) is 0 Å². The second kappa shape index (κ2) is 21.6. The number of nitrogens with one attached hydrogen (secondary N) is 1. The molecule has 0 fully saturated rings. The Bertz CT molecular complexity index is 4500. The van der Waals surface area contributed by atoms with Gasteiger partial charge in [0, 0.05) is 56.5 Å². The second-order valence-corrected chi connectivity index (χ2v) is 22.9. The molecule has 1 aliphatic carbocycles. The summed E-state index contributed by atoms with van der Waals surface area (Å²) < 4.78 is 0. The van der Waals surface area contributed by atoms with Crippen molar-refractivity contribution < 1.29 is 0 Å². The highest BCUT2D eigenvalue weighted by atomic mass is 15.2. The highest BCUT2D eigenvalue weighted by molar-refractivity contribution is 6.73. The Morgan fingerprint density at radius 1 is 0.329 bits per heavy atom. The molecule has 4 heteroatoms. The number of hydrogen-bond acceptors (Lipinski definition) is 3. The molecule has 1 N–H and O–H groups in total. The largest absolute Gasteiger partial charge is 0.355 e. The maximum absolute atomic E-state index is 4.16. The average Bonchev–Trinajstić information content (AvgIpc) is 1.79. The van der Waals surface area contributed by atoms with Crippen molar-refractivity contribution in [3.63, 3.8) is 0 Å². The van der Waals surface area contributed by atoms with Crippen molar-refractivity contribution in [1.82, 2.24) is 0 Å². The fourth-order valence-electron chi connectivity index (χ4n) is 13.2. The summed E-state index contributed by atoms with van der Waals surface area (Å²) in [7, 11) is 0.734. The van der Waals surface area contributed by atoms with E-state index in [1.165, 1.54) is 100 Å². The quantitative estimate of drug-likeness (QED) is 0.123. The first kappa shape index (κ1) is 51.2. The van der Waals surface area contributed by atoms with E-state index in [9.17, 15) is 0 Å². The molecule has 0 atom stereocenters. The Morgan fingerprint density at radius 2 is 0.788 bits per heavy atom. The van der Waals surface area contributed by atoms with Crippen molar-refractivity contribution in [2.24, 2.45) is 0 Å². The van der Waals surface area contributed by atoms with E-state index >= 15 is 0 Å². The molecule has 85 heavy (non-hydrogen) atoms. The fraction of sp³-hybridized carbons (Fsp3) is 0.0370. The minimum absolute atomic E-state index is 0.314. The number of hydrogen-bond donors (Lipinski definition) is 1. The van der Waals surface area contributed by atoms with Crippen molar-refractivity contribution in [3.05, 3.63) is 327 Å². The zero-order valence-corrected chi connectivity index (χ0v) is 47.6. The van der Waals surface area contributed by atoms with Crippen molar-refractivity contribution in [1.29, 1.82) is 0 Å². The summed E-state index contributed by atoms with van der Waals surface area (Å²) in [5.74, 6) is 0. The van der Waals surface area contributed by atoms with Gasteiger partial charge in [-0.2, -0.15) is 0 Å². The summed E-state index contributed by atoms with van der Waals surface area (Å²) in [6.45, 7) is 4.83. The van der Waals surface area contributed by atoms with E-state index in [1.807, 2.05) is 0 Å². The van der Waals surface area contributed by atoms with Crippen LogP contribution in [-0.4, -0.2) is 7.28 Å². The summed E-state index contributed by atoms with van der Waals surface area (Å²) in [5, 5.41) is 4.16. The Balaban J connectivity index is 0.985. The summed E-state index contributed by atoms with van der Waals surface area (Å²) in [5.41, 5.74) is 30.3. The van der Waals surface area contributed by atoms with Crippen LogP contribution < -0.4 is 26.0 Å². The molecule has 0 saturated heterocycles. The van der Waals surface area contributed by atoms with Gasteiger partial charge in [-0.1, -0.05) is 262 Å². The fourth-order valence-corrected chi connectivity index (χ4v) is 13.2. The van der Waals surface area contributed by atoms with Gasteiger partial charge in [0.05, 0.1) is 0 Å². The molecule has 0 bridgehead atoms. The molecule has 1 heterocycles. The molecule has 0 amide bonds. The van der Waals surface area contributed by atoms with Crippen LogP contribution in [-0.2, 0) is 5.41 Å². The van der Waals surface area contributed by atoms with Crippen LogP contribution in [0.5, 0.6) is 0 Å². The van der Waals surface area contributed by atoms with Crippen LogP contribution in [0.1, 0.15) is 25.0 Å². The van der Waals surface area contributed by atoms with Crippen molar-refractivity contribution >= 4 is 63.7 Å². The number of nitrogens with zero attached hydrogens (tertiary/aromatic N) is 2. The van der Waals surface area contributed by atoms with Crippen LogP contribution in [0, 0.1) is 0 Å². The SMILES string of the molecule is CC1(C)c2ccccc2-c2c1cc1c(c2-c2ccc(N(c3ccc(-c4ccccc4)cc3)c3ccc(-c4ccccc4)cc3)cc2Nc2cccc(-c3ccccc3)c2)Bc2ccc(-c3ccccc3)cc2N1c1cccc(-c2ccccc2)c1. The van der Waals surface area contributed by atoms with Crippen LogP contribution in [0.4, 0.5) is 45.5 Å². The van der Waals surface area contributed by atoms with Crippen molar-refractivity contribution in [3.8, 4) is 77.9 Å². The normalized spacial score (nSPS) is 12.5. The number of benzene rings is 13. The van der Waals surface area contributed by atoms with E-state index in [0.717, 1.165) is 52.5 Å². The number of fused-ring (bicyclic) bond motifs is 5. The minimum Gasteiger partial charge on any atom is -0.355 e. The molecule has 0 spiro atoms. The van der Waals surface area contributed by atoms with Gasteiger partial charge in [-0.3, -0.25) is 0 Å². The maximum Gasteiger partial charge on any atom is 0.198 e. The van der Waals surface area contributed by atoms with Crippen molar-refractivity contribution in [2.45, 2.75) is 19.3 Å². The highest BCUT2D eigenvalue weighted by Gasteiger charge is 2.41. The van der Waals surface area contributed by atoms with Gasteiger partial charge in [0.1, 0.15) is 0 Å². The van der Waals surface area contributed by atoms with Gasteiger partial charge in [0.2, 0.25) is 0 Å². The van der Waals surface area contributed by atoms with Crippen LogP contribution in [0.3, 0.4) is 0 Å². The summed E-state index contributed by atoms with van der Waals surface area (Å²) >= 11 is 0. The zero-order valence-electron chi connectivity index (χ0n) is 47.6. The molecule has 0 unspecified atom stereocenters. The molecule has 3 nitrogen and oxygen atoms in total. The standard InChI is InChI=1S/C81H60BN3/c1-81(2)72-37-19-18-36-70(72)78-73(81)54-77-80(82-74-49-42-64(59-30-16-7-17-31-59)52-76(74)85(77)68-35-21-33-63(51-68)58-28-14-6-15-29-58)79(78)71-48-47-69(53-75(71)83-65-34-20-32-62(50-65)57-26-12-5-13-27-57)84(66-43-38-60(39-44-66)55-22-8-3-9-23-55)67-45-40-61(41-46-67)56-24-10-4-11-25-56/h3-54,82-83H,1-2H3. The third-order valence-electron chi connectivity index (χ3n) is 17.5. The van der Waals surface area contributed by atoms with Crippen LogP contribution in [0.15, 0.2) is 315 Å². The summed E-state index contributed by atoms with van der Waals surface area (Å²) in [4.78, 5) is 4.98. The third-order valence-corrected chi connectivity index (χ3v) is 17.5. The predicted molar refractivity (Wildman–Crippen MR) is 362 cm³/mol. The lowest BCUT2D eigenvalue weighted by Crippen LogP contribution is -2.41. The molecular formula is C81H60BN3. The first-order valence-corrected chi connectivity index (χ1v) is 29.5. The highest BCUT2D eigenvalue weighted by Crippen LogP contribution is 2.56. The van der Waals surface area contributed by atoms with Gasteiger partial charge < -0.3 is 15.1 Å². The Hall–Kier alpha value is -10.7. The van der Waals surface area contributed by atoms with Crippen LogP contribution in [0.25, 0.3) is 77.9 Å². The molecule has 402 valence electrons. The van der Waals surface area contributed by atoms with Gasteiger partial charge >= 0.3 is 0 Å². The van der Waals surface area contributed by atoms with E-state index in [2.05, 4.69) is 344 Å². The lowest BCUT2D eigenvalue weighted by Gasteiger charge is -2.37. The van der Waals surface area contributed by atoms with Gasteiger partial charge in [-0.25, -0.2) is 0 Å². The monoisotopic (exact) mass is 1090 g/mol. The van der Waals surface area contributed by atoms with E-state index < -0.39 is 0 Å².